The Balaban J connectivity index is 4.25. The highest BCUT2D eigenvalue weighted by molar-refractivity contribution is 5.71. The average molecular weight is 892 g/mol. The van der Waals surface area contributed by atoms with Crippen LogP contribution < -0.4 is 0 Å². The minimum atomic E-state index is -0.762. The zero-order valence-electron chi connectivity index (χ0n) is 43.2. The van der Waals surface area contributed by atoms with E-state index in [1.54, 1.807) is 0 Å². The van der Waals surface area contributed by atoms with Crippen LogP contribution in [0.25, 0.3) is 0 Å². The molecule has 0 saturated carbocycles. The fraction of sp³-hybridized carbons (Fsp3) is 0.947. The maximum absolute atomic E-state index is 12.8. The van der Waals surface area contributed by atoms with Crippen LogP contribution in [0, 0.1) is 11.8 Å². The van der Waals surface area contributed by atoms with Gasteiger partial charge in [0.2, 0.25) is 0 Å². The van der Waals surface area contributed by atoms with Crippen molar-refractivity contribution in [2.75, 3.05) is 13.2 Å². The second-order valence-electron chi connectivity index (χ2n) is 20.5. The standard InChI is InChI=1S/C57H110O6/c1-6-7-8-9-10-11-12-13-14-15-16-17-22-25-28-33-39-44-49-57(60)63-54(51-62-56(59)48-43-38-34-29-31-36-41-46-53(4)5)50-61-55(58)47-42-37-32-27-24-21-19-18-20-23-26-30-35-40-45-52(2)3/h52-54H,6-51H2,1-5H3/t54-/m0/s1. The van der Waals surface area contributed by atoms with E-state index in [4.69, 9.17) is 14.2 Å². The summed E-state index contributed by atoms with van der Waals surface area (Å²) in [5, 5.41) is 0. The molecule has 0 aliphatic rings. The lowest BCUT2D eigenvalue weighted by Crippen LogP contribution is -2.30. The molecule has 0 radical (unpaired) electrons. The van der Waals surface area contributed by atoms with Gasteiger partial charge in [0.05, 0.1) is 0 Å². The fourth-order valence-electron chi connectivity index (χ4n) is 8.70. The van der Waals surface area contributed by atoms with Gasteiger partial charge < -0.3 is 14.2 Å². The van der Waals surface area contributed by atoms with Gasteiger partial charge in [-0.15, -0.1) is 0 Å². The Hall–Kier alpha value is -1.59. The van der Waals surface area contributed by atoms with Crippen LogP contribution in [-0.2, 0) is 28.6 Å². The summed E-state index contributed by atoms with van der Waals surface area (Å²) in [5.41, 5.74) is 0. The minimum Gasteiger partial charge on any atom is -0.462 e. The second kappa shape index (κ2) is 49.8. The Morgan fingerprint density at radius 2 is 0.524 bits per heavy atom. The fourth-order valence-corrected chi connectivity index (χ4v) is 8.70. The van der Waals surface area contributed by atoms with Crippen molar-refractivity contribution < 1.29 is 28.6 Å². The van der Waals surface area contributed by atoms with E-state index in [0.29, 0.717) is 19.3 Å². The number of rotatable bonds is 51. The number of hydrogen-bond donors (Lipinski definition) is 0. The van der Waals surface area contributed by atoms with E-state index < -0.39 is 6.10 Å². The van der Waals surface area contributed by atoms with Crippen LogP contribution in [0.4, 0.5) is 0 Å². The molecule has 6 heteroatoms. The highest BCUT2D eigenvalue weighted by Crippen LogP contribution is 2.18. The van der Waals surface area contributed by atoms with Crippen molar-refractivity contribution in [1.82, 2.24) is 0 Å². The van der Waals surface area contributed by atoms with Gasteiger partial charge in [-0.25, -0.2) is 0 Å². The van der Waals surface area contributed by atoms with Crippen molar-refractivity contribution in [3.05, 3.63) is 0 Å². The third-order valence-electron chi connectivity index (χ3n) is 13.0. The van der Waals surface area contributed by atoms with E-state index in [1.807, 2.05) is 0 Å². The molecule has 63 heavy (non-hydrogen) atoms. The van der Waals surface area contributed by atoms with Crippen LogP contribution in [0.1, 0.15) is 317 Å². The molecule has 0 fully saturated rings. The predicted octanol–water partition coefficient (Wildman–Crippen LogP) is 18.5. The summed E-state index contributed by atoms with van der Waals surface area (Å²) in [6.45, 7) is 11.4. The van der Waals surface area contributed by atoms with Gasteiger partial charge >= 0.3 is 17.9 Å². The predicted molar refractivity (Wildman–Crippen MR) is 270 cm³/mol. The zero-order valence-corrected chi connectivity index (χ0v) is 43.2. The SMILES string of the molecule is CCCCCCCCCCCCCCCCCCCCC(=O)O[C@@H](COC(=O)CCCCCCCCCCCCCCCCC(C)C)COC(=O)CCCCCCCCCC(C)C. The molecule has 1 atom stereocenters. The highest BCUT2D eigenvalue weighted by Gasteiger charge is 2.19. The molecule has 0 spiro atoms. The number of carbonyl (C=O) groups is 3. The first kappa shape index (κ1) is 61.4. The highest BCUT2D eigenvalue weighted by atomic mass is 16.6. The molecule has 6 nitrogen and oxygen atoms in total. The van der Waals surface area contributed by atoms with E-state index >= 15 is 0 Å². The molecule has 0 aromatic rings. The van der Waals surface area contributed by atoms with Gasteiger partial charge in [-0.05, 0) is 31.1 Å². The lowest BCUT2D eigenvalue weighted by Gasteiger charge is -2.18. The number of hydrogen-bond acceptors (Lipinski definition) is 6. The van der Waals surface area contributed by atoms with Gasteiger partial charge in [0.25, 0.3) is 0 Å². The van der Waals surface area contributed by atoms with Gasteiger partial charge in [-0.1, -0.05) is 279 Å². The molecule has 0 N–H and O–H groups in total. The third kappa shape index (κ3) is 51.3. The molecule has 0 aromatic carbocycles. The molecular formula is C57H110O6. The van der Waals surface area contributed by atoms with Gasteiger partial charge in [0.1, 0.15) is 13.2 Å². The molecule has 0 aliphatic heterocycles. The summed E-state index contributed by atoms with van der Waals surface area (Å²) in [6, 6.07) is 0. The summed E-state index contributed by atoms with van der Waals surface area (Å²) >= 11 is 0. The molecule has 0 saturated heterocycles. The first-order chi connectivity index (χ1) is 30.7. The number of esters is 3. The topological polar surface area (TPSA) is 78.9 Å². The number of carbonyl (C=O) groups excluding carboxylic acids is 3. The van der Waals surface area contributed by atoms with E-state index in [2.05, 4.69) is 34.6 Å². The van der Waals surface area contributed by atoms with Crippen LogP contribution >= 0.6 is 0 Å². The molecule has 0 bridgehead atoms. The number of unbranched alkanes of at least 4 members (excludes halogenated alkanes) is 36. The molecular weight excluding hydrogens is 781 g/mol. The van der Waals surface area contributed by atoms with Gasteiger partial charge in [0.15, 0.2) is 6.10 Å². The van der Waals surface area contributed by atoms with Crippen molar-refractivity contribution >= 4 is 17.9 Å². The third-order valence-corrected chi connectivity index (χ3v) is 13.0. The van der Waals surface area contributed by atoms with Gasteiger partial charge in [0, 0.05) is 19.3 Å². The van der Waals surface area contributed by atoms with E-state index in [1.165, 1.54) is 205 Å². The molecule has 0 amide bonds. The lowest BCUT2D eigenvalue weighted by atomic mass is 10.0. The number of ether oxygens (including phenoxy) is 3. The Bertz CT molecular complexity index is 962. The molecule has 374 valence electrons. The van der Waals surface area contributed by atoms with Gasteiger partial charge in [-0.3, -0.25) is 14.4 Å². The smallest absolute Gasteiger partial charge is 0.306 e. The quantitative estimate of drug-likeness (QED) is 0.0344. The van der Waals surface area contributed by atoms with Crippen LogP contribution in [0.3, 0.4) is 0 Å². The molecule has 0 aliphatic carbocycles. The second-order valence-corrected chi connectivity index (χ2v) is 20.5. The van der Waals surface area contributed by atoms with Gasteiger partial charge in [-0.2, -0.15) is 0 Å². The summed E-state index contributed by atoms with van der Waals surface area (Å²) in [7, 11) is 0. The van der Waals surface area contributed by atoms with E-state index in [0.717, 1.165) is 69.6 Å². The van der Waals surface area contributed by atoms with Crippen molar-refractivity contribution in [1.29, 1.82) is 0 Å². The summed E-state index contributed by atoms with van der Waals surface area (Å²) < 4.78 is 16.9. The first-order valence-corrected chi connectivity index (χ1v) is 28.2. The van der Waals surface area contributed by atoms with E-state index in [-0.39, 0.29) is 31.1 Å². The first-order valence-electron chi connectivity index (χ1n) is 28.2. The zero-order chi connectivity index (χ0) is 46.1. The van der Waals surface area contributed by atoms with Crippen molar-refractivity contribution in [2.24, 2.45) is 11.8 Å². The largest absolute Gasteiger partial charge is 0.462 e. The van der Waals surface area contributed by atoms with Crippen molar-refractivity contribution in [3.8, 4) is 0 Å². The lowest BCUT2D eigenvalue weighted by molar-refractivity contribution is -0.167. The van der Waals surface area contributed by atoms with Crippen molar-refractivity contribution in [3.63, 3.8) is 0 Å². The molecule has 0 heterocycles. The summed E-state index contributed by atoms with van der Waals surface area (Å²) in [6.07, 6.45) is 52.5. The average Bonchev–Trinajstić information content (AvgIpc) is 3.25. The Kier molecular flexibility index (Phi) is 48.6. The van der Waals surface area contributed by atoms with Crippen LogP contribution in [0.15, 0.2) is 0 Å². The monoisotopic (exact) mass is 891 g/mol. The minimum absolute atomic E-state index is 0.0636. The summed E-state index contributed by atoms with van der Waals surface area (Å²) in [4.78, 5) is 38.0. The Morgan fingerprint density at radius 1 is 0.302 bits per heavy atom. The maximum atomic E-state index is 12.8. The Labute approximate surface area is 393 Å². The van der Waals surface area contributed by atoms with Crippen LogP contribution in [0.5, 0.6) is 0 Å². The maximum Gasteiger partial charge on any atom is 0.306 e. The van der Waals surface area contributed by atoms with Crippen LogP contribution in [-0.4, -0.2) is 37.2 Å². The van der Waals surface area contributed by atoms with Crippen molar-refractivity contribution in [2.45, 2.75) is 323 Å². The van der Waals surface area contributed by atoms with Crippen LogP contribution in [0.2, 0.25) is 0 Å². The molecule has 0 unspecified atom stereocenters. The summed E-state index contributed by atoms with van der Waals surface area (Å²) in [5.74, 6) is 0.781. The van der Waals surface area contributed by atoms with E-state index in [9.17, 15) is 14.4 Å². The normalized spacial score (nSPS) is 12.0. The Morgan fingerprint density at radius 3 is 0.778 bits per heavy atom. The molecule has 0 rings (SSSR count). The molecule has 0 aromatic heterocycles.